The normalized spacial score (nSPS) is 12.3. The number of aromatic nitrogens is 2. The smallest absolute Gasteiger partial charge is 0.119 e. The second-order valence-electron chi connectivity index (χ2n) is 4.88. The number of ether oxygens (including phenoxy) is 1. The minimum absolute atomic E-state index is 0.139. The van der Waals surface area contributed by atoms with E-state index in [0.717, 1.165) is 42.9 Å². The van der Waals surface area contributed by atoms with Gasteiger partial charge in [0.25, 0.3) is 0 Å². The van der Waals surface area contributed by atoms with Gasteiger partial charge in [-0.3, -0.25) is 4.68 Å². The second kappa shape index (κ2) is 7.10. The number of benzene rings is 1. The molecule has 4 heteroatoms. The molecule has 0 saturated heterocycles. The molecular weight excluding hydrogens is 250 g/mol. The highest BCUT2D eigenvalue weighted by molar-refractivity contribution is 5.33. The summed E-state index contributed by atoms with van der Waals surface area (Å²) in [4.78, 5) is 0. The van der Waals surface area contributed by atoms with Crippen molar-refractivity contribution in [3.63, 3.8) is 0 Å². The molecule has 20 heavy (non-hydrogen) atoms. The molecule has 1 heterocycles. The summed E-state index contributed by atoms with van der Waals surface area (Å²) in [5, 5.41) is 4.26. The van der Waals surface area contributed by atoms with E-state index in [1.807, 2.05) is 41.3 Å². The van der Waals surface area contributed by atoms with Crippen LogP contribution in [0.1, 0.15) is 43.9 Å². The molecule has 0 saturated carbocycles. The Morgan fingerprint density at radius 2 is 1.95 bits per heavy atom. The van der Waals surface area contributed by atoms with Gasteiger partial charge < -0.3 is 10.5 Å². The molecule has 2 rings (SSSR count). The summed E-state index contributed by atoms with van der Waals surface area (Å²) in [5.41, 5.74) is 8.37. The van der Waals surface area contributed by atoms with Gasteiger partial charge >= 0.3 is 0 Å². The van der Waals surface area contributed by atoms with E-state index in [2.05, 4.69) is 18.9 Å². The van der Waals surface area contributed by atoms with Gasteiger partial charge in [-0.1, -0.05) is 25.5 Å². The van der Waals surface area contributed by atoms with Gasteiger partial charge in [0.1, 0.15) is 5.75 Å². The van der Waals surface area contributed by atoms with Crippen LogP contribution in [0.5, 0.6) is 5.75 Å². The van der Waals surface area contributed by atoms with Gasteiger partial charge in [0.2, 0.25) is 0 Å². The predicted molar refractivity (Wildman–Crippen MR) is 80.8 cm³/mol. The van der Waals surface area contributed by atoms with Crippen molar-refractivity contribution in [2.45, 2.75) is 39.3 Å². The van der Waals surface area contributed by atoms with Crippen LogP contribution >= 0.6 is 0 Å². The summed E-state index contributed by atoms with van der Waals surface area (Å²) >= 11 is 0. The van der Waals surface area contributed by atoms with Crippen LogP contribution in [0.2, 0.25) is 0 Å². The molecule has 1 aromatic carbocycles. The van der Waals surface area contributed by atoms with E-state index >= 15 is 0 Å². The van der Waals surface area contributed by atoms with E-state index < -0.39 is 0 Å². The zero-order chi connectivity index (χ0) is 14.4. The molecule has 1 atom stereocenters. The first-order valence-corrected chi connectivity index (χ1v) is 7.25. The number of unbranched alkanes of at least 4 members (excludes halogenated alkanes) is 1. The lowest BCUT2D eigenvalue weighted by Gasteiger charge is -2.11. The third-order valence-corrected chi connectivity index (χ3v) is 3.34. The maximum absolute atomic E-state index is 6.26. The number of hydrogen-bond acceptors (Lipinski definition) is 3. The molecule has 0 fully saturated rings. The van der Waals surface area contributed by atoms with E-state index in [-0.39, 0.29) is 6.04 Å². The summed E-state index contributed by atoms with van der Waals surface area (Å²) < 4.78 is 7.54. The van der Waals surface area contributed by atoms with Crippen molar-refractivity contribution in [3.05, 3.63) is 47.8 Å². The van der Waals surface area contributed by atoms with Gasteiger partial charge in [0.05, 0.1) is 18.8 Å². The summed E-state index contributed by atoms with van der Waals surface area (Å²) in [5.74, 6) is 0.902. The van der Waals surface area contributed by atoms with Gasteiger partial charge in [0, 0.05) is 18.3 Å². The van der Waals surface area contributed by atoms with Crippen LogP contribution < -0.4 is 10.5 Å². The van der Waals surface area contributed by atoms with E-state index in [1.165, 1.54) is 0 Å². The standard InChI is InChI=1S/C16H23N3O/c1-3-5-10-20-15-8-6-13(7-9-15)16(17)14-11-18-19(4-2)12-14/h6-9,11-12,16H,3-5,10,17H2,1-2H3. The van der Waals surface area contributed by atoms with Crippen LogP contribution in [0.15, 0.2) is 36.7 Å². The van der Waals surface area contributed by atoms with Gasteiger partial charge in [-0.25, -0.2) is 0 Å². The van der Waals surface area contributed by atoms with E-state index in [0.29, 0.717) is 0 Å². The molecule has 2 N–H and O–H groups in total. The van der Waals surface area contributed by atoms with Crippen molar-refractivity contribution in [3.8, 4) is 5.75 Å². The number of hydrogen-bond donors (Lipinski definition) is 1. The Balaban J connectivity index is 2.01. The van der Waals surface area contributed by atoms with Gasteiger partial charge in [-0.2, -0.15) is 5.10 Å². The Morgan fingerprint density at radius 1 is 1.20 bits per heavy atom. The Bertz CT molecular complexity index is 519. The number of nitrogens with zero attached hydrogens (tertiary/aromatic N) is 2. The third kappa shape index (κ3) is 3.61. The van der Waals surface area contributed by atoms with Crippen LogP contribution in [0, 0.1) is 0 Å². The Kier molecular flexibility index (Phi) is 5.18. The zero-order valence-electron chi connectivity index (χ0n) is 12.2. The van der Waals surface area contributed by atoms with Crippen molar-refractivity contribution in [1.29, 1.82) is 0 Å². The van der Waals surface area contributed by atoms with Gasteiger partial charge in [-0.05, 0) is 31.0 Å². The molecular formula is C16H23N3O. The topological polar surface area (TPSA) is 53.1 Å². The Morgan fingerprint density at radius 3 is 2.55 bits per heavy atom. The van der Waals surface area contributed by atoms with E-state index in [1.54, 1.807) is 0 Å². The Labute approximate surface area is 120 Å². The van der Waals surface area contributed by atoms with E-state index in [4.69, 9.17) is 10.5 Å². The SMILES string of the molecule is CCCCOc1ccc(C(N)c2cnn(CC)c2)cc1. The van der Waals surface area contributed by atoms with Gasteiger partial charge in [-0.15, -0.1) is 0 Å². The third-order valence-electron chi connectivity index (χ3n) is 3.34. The first-order chi connectivity index (χ1) is 9.74. The minimum atomic E-state index is -0.139. The fourth-order valence-electron chi connectivity index (χ4n) is 2.01. The molecule has 0 bridgehead atoms. The molecule has 0 spiro atoms. The van der Waals surface area contributed by atoms with Crippen LogP contribution in [0.25, 0.3) is 0 Å². The summed E-state index contributed by atoms with van der Waals surface area (Å²) in [6.45, 7) is 5.84. The number of nitrogens with two attached hydrogens (primary N) is 1. The lowest BCUT2D eigenvalue weighted by molar-refractivity contribution is 0.309. The highest BCUT2D eigenvalue weighted by Gasteiger charge is 2.11. The minimum Gasteiger partial charge on any atom is -0.494 e. The average molecular weight is 273 g/mol. The highest BCUT2D eigenvalue weighted by Crippen LogP contribution is 2.21. The molecule has 1 unspecified atom stereocenters. The zero-order valence-corrected chi connectivity index (χ0v) is 12.2. The molecule has 108 valence electrons. The summed E-state index contributed by atoms with van der Waals surface area (Å²) in [7, 11) is 0. The van der Waals surface area contributed by atoms with Crippen LogP contribution in [0.3, 0.4) is 0 Å². The fraction of sp³-hybridized carbons (Fsp3) is 0.438. The van der Waals surface area contributed by atoms with Gasteiger partial charge in [0.15, 0.2) is 0 Å². The van der Waals surface area contributed by atoms with Crippen LogP contribution in [-0.4, -0.2) is 16.4 Å². The lowest BCUT2D eigenvalue weighted by atomic mass is 10.0. The molecule has 0 aliphatic heterocycles. The highest BCUT2D eigenvalue weighted by atomic mass is 16.5. The first-order valence-electron chi connectivity index (χ1n) is 7.25. The monoisotopic (exact) mass is 273 g/mol. The lowest BCUT2D eigenvalue weighted by Crippen LogP contribution is -2.11. The van der Waals surface area contributed by atoms with Crippen LogP contribution in [0.4, 0.5) is 0 Å². The maximum atomic E-state index is 6.26. The number of aryl methyl sites for hydroxylation is 1. The van der Waals surface area contributed by atoms with Crippen molar-refractivity contribution in [1.82, 2.24) is 9.78 Å². The maximum Gasteiger partial charge on any atom is 0.119 e. The molecule has 0 amide bonds. The van der Waals surface area contributed by atoms with E-state index in [9.17, 15) is 0 Å². The fourth-order valence-corrected chi connectivity index (χ4v) is 2.01. The Hall–Kier alpha value is -1.81. The average Bonchev–Trinajstić information content (AvgIpc) is 2.96. The first kappa shape index (κ1) is 14.6. The molecule has 1 aromatic heterocycles. The summed E-state index contributed by atoms with van der Waals surface area (Å²) in [6.07, 6.45) is 6.05. The van der Waals surface area contributed by atoms with Crippen LogP contribution in [-0.2, 0) is 6.54 Å². The largest absolute Gasteiger partial charge is 0.494 e. The summed E-state index contributed by atoms with van der Waals surface area (Å²) in [6, 6.07) is 7.87. The molecule has 0 aliphatic rings. The quantitative estimate of drug-likeness (QED) is 0.788. The van der Waals surface area contributed by atoms with Crippen molar-refractivity contribution < 1.29 is 4.74 Å². The molecule has 4 nitrogen and oxygen atoms in total. The van der Waals surface area contributed by atoms with Crippen molar-refractivity contribution >= 4 is 0 Å². The predicted octanol–water partition coefficient (Wildman–Crippen LogP) is 3.13. The molecule has 0 radical (unpaired) electrons. The van der Waals surface area contributed by atoms with Crippen molar-refractivity contribution in [2.75, 3.05) is 6.61 Å². The molecule has 0 aliphatic carbocycles. The second-order valence-corrected chi connectivity index (χ2v) is 4.88. The number of rotatable bonds is 7. The van der Waals surface area contributed by atoms with Crippen molar-refractivity contribution in [2.24, 2.45) is 5.73 Å². The molecule has 2 aromatic rings.